The number of ether oxygens (including phenoxy) is 1. The van der Waals surface area contributed by atoms with Gasteiger partial charge in [0.25, 0.3) is 0 Å². The number of hydrogen-bond acceptors (Lipinski definition) is 5. The standard InChI is InChI=1S/C6H12O5/c7-2-1-5(6(9)10)11-4-3-8/h5,7-8H,1-4H2,(H,9,10)/p-1. The first-order valence-electron chi connectivity index (χ1n) is 3.26. The molecule has 66 valence electrons. The minimum absolute atomic E-state index is 0.0116. The number of aliphatic hydroxyl groups excluding tert-OH is 2. The minimum Gasteiger partial charge on any atom is -0.547 e. The van der Waals surface area contributed by atoms with Gasteiger partial charge in [-0.3, -0.25) is 0 Å². The summed E-state index contributed by atoms with van der Waals surface area (Å²) in [5.74, 6) is -1.37. The SMILES string of the molecule is O=C([O-])C(CCO)OCCO. The molecule has 0 heterocycles. The Bertz CT molecular complexity index is 114. The first-order chi connectivity index (χ1) is 5.22. The molecule has 0 fully saturated rings. The quantitative estimate of drug-likeness (QED) is 0.451. The average Bonchev–Trinajstić information content (AvgIpc) is 1.97. The van der Waals surface area contributed by atoms with Crippen molar-refractivity contribution >= 4 is 5.97 Å². The molecule has 0 aliphatic carbocycles. The van der Waals surface area contributed by atoms with Gasteiger partial charge in [-0.15, -0.1) is 0 Å². The number of carboxylic acids is 1. The number of hydrogen-bond donors (Lipinski definition) is 2. The highest BCUT2D eigenvalue weighted by Gasteiger charge is 2.08. The lowest BCUT2D eigenvalue weighted by atomic mass is 10.3. The van der Waals surface area contributed by atoms with E-state index in [1.165, 1.54) is 0 Å². The third-order valence-corrected chi connectivity index (χ3v) is 1.06. The lowest BCUT2D eigenvalue weighted by Gasteiger charge is -2.16. The predicted octanol–water partition coefficient (Wildman–Crippen LogP) is -2.50. The van der Waals surface area contributed by atoms with Crippen LogP contribution in [0.1, 0.15) is 6.42 Å². The van der Waals surface area contributed by atoms with E-state index in [0.29, 0.717) is 0 Å². The Morgan fingerprint density at radius 2 is 2.09 bits per heavy atom. The molecule has 0 spiro atoms. The first-order valence-corrected chi connectivity index (χ1v) is 3.26. The molecule has 0 saturated heterocycles. The zero-order valence-corrected chi connectivity index (χ0v) is 6.02. The Morgan fingerprint density at radius 3 is 2.45 bits per heavy atom. The van der Waals surface area contributed by atoms with Crippen molar-refractivity contribution in [2.75, 3.05) is 19.8 Å². The Balaban J connectivity index is 3.60. The van der Waals surface area contributed by atoms with E-state index in [2.05, 4.69) is 4.74 Å². The predicted molar refractivity (Wildman–Crippen MR) is 33.5 cm³/mol. The normalized spacial score (nSPS) is 12.9. The number of aliphatic hydroxyl groups is 2. The molecule has 0 amide bonds. The average molecular weight is 163 g/mol. The van der Waals surface area contributed by atoms with Crippen LogP contribution in [0.3, 0.4) is 0 Å². The van der Waals surface area contributed by atoms with Gasteiger partial charge in [-0.05, 0) is 0 Å². The van der Waals surface area contributed by atoms with Crippen LogP contribution in [0.2, 0.25) is 0 Å². The summed E-state index contributed by atoms with van der Waals surface area (Å²) in [7, 11) is 0. The van der Waals surface area contributed by atoms with Crippen LogP contribution in [0.25, 0.3) is 0 Å². The molecule has 0 rings (SSSR count). The van der Waals surface area contributed by atoms with Gasteiger partial charge in [0.05, 0.1) is 25.3 Å². The van der Waals surface area contributed by atoms with Crippen molar-refractivity contribution < 1.29 is 24.9 Å². The van der Waals surface area contributed by atoms with Gasteiger partial charge < -0.3 is 24.9 Å². The van der Waals surface area contributed by atoms with E-state index in [9.17, 15) is 9.90 Å². The number of carbonyl (C=O) groups is 1. The number of aliphatic carboxylic acids is 1. The van der Waals surface area contributed by atoms with Crippen molar-refractivity contribution in [1.82, 2.24) is 0 Å². The molecule has 0 aromatic heterocycles. The van der Waals surface area contributed by atoms with Crippen molar-refractivity contribution in [3.05, 3.63) is 0 Å². The van der Waals surface area contributed by atoms with Crippen LogP contribution in [0.5, 0.6) is 0 Å². The molecule has 0 aromatic carbocycles. The second-order valence-corrected chi connectivity index (χ2v) is 1.91. The fraction of sp³-hybridized carbons (Fsp3) is 0.833. The molecule has 0 aromatic rings. The fourth-order valence-electron chi connectivity index (χ4n) is 0.581. The van der Waals surface area contributed by atoms with Gasteiger partial charge in [0.1, 0.15) is 0 Å². The van der Waals surface area contributed by atoms with Crippen LogP contribution in [0.15, 0.2) is 0 Å². The molecule has 0 saturated carbocycles. The number of rotatable bonds is 6. The smallest absolute Gasteiger partial charge is 0.0991 e. The monoisotopic (exact) mass is 163 g/mol. The third-order valence-electron chi connectivity index (χ3n) is 1.06. The van der Waals surface area contributed by atoms with Crippen molar-refractivity contribution in [1.29, 1.82) is 0 Å². The van der Waals surface area contributed by atoms with Gasteiger partial charge in [-0.1, -0.05) is 0 Å². The van der Waals surface area contributed by atoms with Gasteiger partial charge in [-0.25, -0.2) is 0 Å². The van der Waals surface area contributed by atoms with Gasteiger partial charge in [0.2, 0.25) is 0 Å². The summed E-state index contributed by atoms with van der Waals surface area (Å²) in [5, 5.41) is 26.8. The minimum atomic E-state index is -1.37. The van der Waals surface area contributed by atoms with Crippen LogP contribution < -0.4 is 5.11 Å². The van der Waals surface area contributed by atoms with Crippen molar-refractivity contribution in [3.8, 4) is 0 Å². The highest BCUT2D eigenvalue weighted by Crippen LogP contribution is 1.95. The Hall–Kier alpha value is -0.650. The molecule has 1 atom stereocenters. The molecule has 1 unspecified atom stereocenters. The Labute approximate surface area is 64.2 Å². The molecule has 2 N–H and O–H groups in total. The molecule has 0 aliphatic rings. The van der Waals surface area contributed by atoms with E-state index in [-0.39, 0.29) is 26.2 Å². The zero-order valence-electron chi connectivity index (χ0n) is 6.02. The van der Waals surface area contributed by atoms with Gasteiger partial charge in [0, 0.05) is 13.0 Å². The third kappa shape index (κ3) is 4.72. The topological polar surface area (TPSA) is 89.8 Å². The molecular formula is C6H11O5-. The van der Waals surface area contributed by atoms with E-state index in [4.69, 9.17) is 10.2 Å². The maximum absolute atomic E-state index is 10.2. The second-order valence-electron chi connectivity index (χ2n) is 1.91. The summed E-state index contributed by atoms with van der Waals surface area (Å²) in [6.45, 7) is -0.571. The van der Waals surface area contributed by atoms with Gasteiger partial charge in [-0.2, -0.15) is 0 Å². The highest BCUT2D eigenvalue weighted by atomic mass is 16.5. The molecule has 0 radical (unpaired) electrons. The van der Waals surface area contributed by atoms with Crippen molar-refractivity contribution in [3.63, 3.8) is 0 Å². The van der Waals surface area contributed by atoms with E-state index in [1.807, 2.05) is 0 Å². The van der Waals surface area contributed by atoms with Gasteiger partial charge >= 0.3 is 0 Å². The lowest BCUT2D eigenvalue weighted by molar-refractivity contribution is -0.317. The molecule has 0 bridgehead atoms. The van der Waals surface area contributed by atoms with E-state index >= 15 is 0 Å². The Morgan fingerprint density at radius 1 is 1.45 bits per heavy atom. The number of carbonyl (C=O) groups excluding carboxylic acids is 1. The Kier molecular flexibility index (Phi) is 5.73. The molecular weight excluding hydrogens is 152 g/mol. The molecule has 5 heteroatoms. The molecule has 5 nitrogen and oxygen atoms in total. The van der Waals surface area contributed by atoms with Crippen molar-refractivity contribution in [2.45, 2.75) is 12.5 Å². The van der Waals surface area contributed by atoms with E-state index in [1.54, 1.807) is 0 Å². The number of carboxylic acid groups (broad SMARTS) is 1. The van der Waals surface area contributed by atoms with Crippen molar-refractivity contribution in [2.24, 2.45) is 0 Å². The highest BCUT2D eigenvalue weighted by molar-refractivity contribution is 5.69. The maximum Gasteiger partial charge on any atom is 0.0991 e. The van der Waals surface area contributed by atoms with Crippen LogP contribution in [0.4, 0.5) is 0 Å². The first kappa shape index (κ1) is 10.3. The van der Waals surface area contributed by atoms with Crippen LogP contribution in [-0.4, -0.2) is 42.1 Å². The largest absolute Gasteiger partial charge is 0.547 e. The van der Waals surface area contributed by atoms with Crippen LogP contribution in [-0.2, 0) is 9.53 Å². The summed E-state index contributed by atoms with van der Waals surface area (Å²) in [6, 6.07) is 0. The summed E-state index contributed by atoms with van der Waals surface area (Å²) in [5.41, 5.74) is 0. The van der Waals surface area contributed by atoms with Crippen LogP contribution >= 0.6 is 0 Å². The summed E-state index contributed by atoms with van der Waals surface area (Å²) < 4.78 is 4.62. The van der Waals surface area contributed by atoms with Crippen LogP contribution in [0, 0.1) is 0 Å². The van der Waals surface area contributed by atoms with E-state index in [0.717, 1.165) is 0 Å². The lowest BCUT2D eigenvalue weighted by Crippen LogP contribution is -2.38. The maximum atomic E-state index is 10.2. The summed E-state index contributed by atoms with van der Waals surface area (Å²) >= 11 is 0. The van der Waals surface area contributed by atoms with Gasteiger partial charge in [0.15, 0.2) is 0 Å². The summed E-state index contributed by atoms with van der Waals surface area (Å²) in [4.78, 5) is 10.2. The van der Waals surface area contributed by atoms with E-state index < -0.39 is 12.1 Å². The fourth-order valence-corrected chi connectivity index (χ4v) is 0.581. The molecule has 0 aliphatic heterocycles. The zero-order chi connectivity index (χ0) is 8.69. The summed E-state index contributed by atoms with van der Waals surface area (Å²) in [6.07, 6.45) is -1.13. The molecule has 11 heavy (non-hydrogen) atoms. The second kappa shape index (κ2) is 6.09.